The number of pyridine rings is 1. The van der Waals surface area contributed by atoms with Crippen LogP contribution >= 0.6 is 11.6 Å². The number of aliphatic hydroxyl groups excluding tert-OH is 2. The van der Waals surface area contributed by atoms with E-state index in [2.05, 4.69) is 53.6 Å². The van der Waals surface area contributed by atoms with Crippen molar-refractivity contribution in [3.63, 3.8) is 0 Å². The van der Waals surface area contributed by atoms with Crippen molar-refractivity contribution >= 4 is 23.4 Å². The Morgan fingerprint density at radius 2 is 1.88 bits per heavy atom. The highest BCUT2D eigenvalue weighted by atomic mass is 35.5. The van der Waals surface area contributed by atoms with Crippen LogP contribution in [0, 0.1) is 0 Å². The van der Waals surface area contributed by atoms with Crippen LogP contribution in [0.3, 0.4) is 0 Å². The maximum atomic E-state index is 13.3. The van der Waals surface area contributed by atoms with Gasteiger partial charge in [-0.2, -0.15) is 0 Å². The van der Waals surface area contributed by atoms with Gasteiger partial charge in [-0.1, -0.05) is 48.9 Å². The molecule has 0 spiro atoms. The second kappa shape index (κ2) is 18.0. The van der Waals surface area contributed by atoms with Crippen molar-refractivity contribution in [1.82, 2.24) is 20.1 Å². The smallest absolute Gasteiger partial charge is 0.251 e. The molecule has 1 aliphatic heterocycles. The summed E-state index contributed by atoms with van der Waals surface area (Å²) in [6, 6.07) is 16.7. The van der Waals surface area contributed by atoms with E-state index in [1.807, 2.05) is 29.4 Å². The molecule has 3 N–H and O–H groups in total. The van der Waals surface area contributed by atoms with Crippen LogP contribution in [0.4, 0.5) is 0 Å². The largest absolute Gasteiger partial charge is 0.490 e. The van der Waals surface area contributed by atoms with Gasteiger partial charge in [-0.25, -0.2) is 0 Å². The minimum Gasteiger partial charge on any atom is -0.490 e. The summed E-state index contributed by atoms with van der Waals surface area (Å²) in [4.78, 5) is 33.6. The van der Waals surface area contributed by atoms with Gasteiger partial charge in [0.2, 0.25) is 5.91 Å². The second-order valence-corrected chi connectivity index (χ2v) is 15.4. The number of likely N-dealkylation sites (tertiary alicyclic amines) is 1. The van der Waals surface area contributed by atoms with E-state index in [0.29, 0.717) is 64.4 Å². The van der Waals surface area contributed by atoms with Gasteiger partial charge in [0.15, 0.2) is 0 Å². The number of halogens is 1. The van der Waals surface area contributed by atoms with Crippen LogP contribution < -0.4 is 10.1 Å². The number of amides is 2. The summed E-state index contributed by atoms with van der Waals surface area (Å²) in [7, 11) is 0. The van der Waals surface area contributed by atoms with E-state index in [1.54, 1.807) is 4.90 Å². The molecule has 2 amide bonds. The van der Waals surface area contributed by atoms with Gasteiger partial charge >= 0.3 is 0 Å². The molecule has 6 rings (SSSR count). The first kappa shape index (κ1) is 38.2. The summed E-state index contributed by atoms with van der Waals surface area (Å²) in [6.45, 7) is 5.34. The lowest BCUT2D eigenvalue weighted by molar-refractivity contribution is -0.140. The number of hydrogen-bond donors (Lipinski definition) is 3. The van der Waals surface area contributed by atoms with E-state index in [4.69, 9.17) is 21.4 Å². The number of hydrogen-bond acceptors (Lipinski definition) is 7. The standard InChI is InChI=1S/C42H55ClN4O5/c1-30(9-6-23-47(41(51)38(49)11-4-5-26-48)25-8-24-46-22-7-13-40(46)50)31-14-17-37(43)32(27-31)28-45-42(19-20-42)36-29-44-21-18-34(36)35-10-2-3-12-39(35)52-33-15-16-33/h2-3,10,12,14,17-18,21,27,29-30,33,38,45,48-49H,4-9,11,13,15-16,19-20,22-26,28H2,1H3. The number of ether oxygens (including phenoxy) is 1. The van der Waals surface area contributed by atoms with Crippen LogP contribution in [-0.2, 0) is 21.7 Å². The number of carbonyl (C=O) groups is 2. The van der Waals surface area contributed by atoms with Crippen LogP contribution in [-0.4, -0.2) is 81.8 Å². The molecule has 3 aliphatic rings. The fraction of sp³-hybridized carbons (Fsp3) is 0.548. The first-order chi connectivity index (χ1) is 25.3. The molecule has 3 fully saturated rings. The van der Waals surface area contributed by atoms with E-state index < -0.39 is 6.10 Å². The van der Waals surface area contributed by atoms with Gasteiger partial charge in [0, 0.05) is 74.3 Å². The molecule has 10 heteroatoms. The van der Waals surface area contributed by atoms with Crippen LogP contribution in [0.25, 0.3) is 11.1 Å². The summed E-state index contributed by atoms with van der Waals surface area (Å²) < 4.78 is 6.29. The second-order valence-electron chi connectivity index (χ2n) is 15.0. The van der Waals surface area contributed by atoms with E-state index in [-0.39, 0.29) is 29.9 Å². The molecular weight excluding hydrogens is 676 g/mol. The molecule has 2 aromatic carbocycles. The van der Waals surface area contributed by atoms with Gasteiger partial charge < -0.3 is 30.1 Å². The van der Waals surface area contributed by atoms with Gasteiger partial charge in [0.25, 0.3) is 5.91 Å². The molecular formula is C42H55ClN4O5. The van der Waals surface area contributed by atoms with Crippen LogP contribution in [0.2, 0.25) is 5.02 Å². The molecule has 2 unspecified atom stereocenters. The van der Waals surface area contributed by atoms with Crippen molar-refractivity contribution in [1.29, 1.82) is 0 Å². The van der Waals surface area contributed by atoms with Crippen molar-refractivity contribution in [2.75, 3.05) is 32.8 Å². The Balaban J connectivity index is 1.07. The van der Waals surface area contributed by atoms with Gasteiger partial charge in [0.05, 0.1) is 6.10 Å². The van der Waals surface area contributed by atoms with E-state index >= 15 is 0 Å². The zero-order valence-electron chi connectivity index (χ0n) is 30.6. The van der Waals surface area contributed by atoms with Crippen LogP contribution in [0.5, 0.6) is 5.75 Å². The minimum atomic E-state index is -1.08. The van der Waals surface area contributed by atoms with Crippen molar-refractivity contribution in [2.24, 2.45) is 0 Å². The van der Waals surface area contributed by atoms with Crippen LogP contribution in [0.1, 0.15) is 107 Å². The highest BCUT2D eigenvalue weighted by Gasteiger charge is 2.46. The Morgan fingerprint density at radius 3 is 2.63 bits per heavy atom. The van der Waals surface area contributed by atoms with Gasteiger partial charge in [-0.3, -0.25) is 14.6 Å². The number of carbonyl (C=O) groups excluding carboxylic acids is 2. The SMILES string of the molecule is CC(CCCN(CCCN1CCCC1=O)C(=O)C(O)CCCCO)c1ccc(Cl)c(CNC2(c3cnccc3-c3ccccc3OC3CC3)CC2)c1. The molecule has 52 heavy (non-hydrogen) atoms. The number of nitrogens with one attached hydrogen (secondary N) is 1. The first-order valence-corrected chi connectivity index (χ1v) is 19.7. The lowest BCUT2D eigenvalue weighted by Gasteiger charge is -2.27. The molecule has 280 valence electrons. The molecule has 2 heterocycles. The number of para-hydroxylation sites is 1. The molecule has 0 radical (unpaired) electrons. The molecule has 2 saturated carbocycles. The summed E-state index contributed by atoms with van der Waals surface area (Å²) in [5.41, 5.74) is 5.52. The maximum absolute atomic E-state index is 13.3. The third-order valence-corrected chi connectivity index (χ3v) is 11.3. The lowest BCUT2D eigenvalue weighted by atomic mass is 9.93. The topological polar surface area (TPSA) is 115 Å². The zero-order valence-corrected chi connectivity index (χ0v) is 31.3. The van der Waals surface area contributed by atoms with Gasteiger partial charge in [-0.05, 0) is 117 Å². The van der Waals surface area contributed by atoms with Crippen molar-refractivity contribution in [3.05, 3.63) is 82.6 Å². The summed E-state index contributed by atoms with van der Waals surface area (Å²) in [5, 5.41) is 24.4. The Morgan fingerprint density at radius 1 is 1.08 bits per heavy atom. The average Bonchev–Trinajstić information content (AvgIpc) is 4.10. The molecule has 0 bridgehead atoms. The Hall–Kier alpha value is -3.50. The Bertz CT molecular complexity index is 1660. The third kappa shape index (κ3) is 9.92. The molecule has 1 saturated heterocycles. The van der Waals surface area contributed by atoms with Crippen molar-refractivity contribution < 1.29 is 24.5 Å². The number of unbranched alkanes of at least 4 members (excludes halogenated alkanes) is 1. The average molecular weight is 731 g/mol. The van der Waals surface area contributed by atoms with Crippen molar-refractivity contribution in [2.45, 2.75) is 114 Å². The molecule has 2 aliphatic carbocycles. The molecule has 1 aromatic heterocycles. The number of aliphatic hydroxyl groups is 2. The van der Waals surface area contributed by atoms with Crippen LogP contribution in [0.15, 0.2) is 60.9 Å². The van der Waals surface area contributed by atoms with E-state index in [9.17, 15) is 14.7 Å². The zero-order chi connectivity index (χ0) is 36.5. The maximum Gasteiger partial charge on any atom is 0.251 e. The number of rotatable bonds is 21. The summed E-state index contributed by atoms with van der Waals surface area (Å²) >= 11 is 6.78. The number of aromatic nitrogens is 1. The Labute approximate surface area is 313 Å². The minimum absolute atomic E-state index is 0.0479. The monoisotopic (exact) mass is 730 g/mol. The predicted molar refractivity (Wildman–Crippen MR) is 204 cm³/mol. The highest BCUT2D eigenvalue weighted by Crippen LogP contribution is 2.50. The van der Waals surface area contributed by atoms with Gasteiger partial charge in [-0.15, -0.1) is 0 Å². The van der Waals surface area contributed by atoms with Crippen molar-refractivity contribution in [3.8, 4) is 16.9 Å². The fourth-order valence-electron chi connectivity index (χ4n) is 7.40. The van der Waals surface area contributed by atoms with E-state index in [0.717, 1.165) is 79.0 Å². The van der Waals surface area contributed by atoms with Gasteiger partial charge in [0.1, 0.15) is 11.9 Å². The quantitative estimate of drug-likeness (QED) is 0.102. The van der Waals surface area contributed by atoms with E-state index in [1.165, 1.54) is 11.1 Å². The number of benzene rings is 2. The molecule has 9 nitrogen and oxygen atoms in total. The molecule has 3 aromatic rings. The predicted octanol–water partition coefficient (Wildman–Crippen LogP) is 6.97. The normalized spacial score (nSPS) is 17.6. The summed E-state index contributed by atoms with van der Waals surface area (Å²) in [5.74, 6) is 1.09. The fourth-order valence-corrected chi connectivity index (χ4v) is 7.58. The summed E-state index contributed by atoms with van der Waals surface area (Å²) in [6.07, 6.45) is 12.7. The molecule has 2 atom stereocenters. The lowest BCUT2D eigenvalue weighted by Crippen LogP contribution is -2.41. The third-order valence-electron chi connectivity index (χ3n) is 10.9. The first-order valence-electron chi connectivity index (χ1n) is 19.4. The Kier molecular flexibility index (Phi) is 13.2. The number of nitrogens with zero attached hydrogens (tertiary/aromatic N) is 3. The highest BCUT2D eigenvalue weighted by molar-refractivity contribution is 6.31.